The van der Waals surface area contributed by atoms with Crippen molar-refractivity contribution in [3.63, 3.8) is 0 Å². The summed E-state index contributed by atoms with van der Waals surface area (Å²) >= 11 is 0. The predicted molar refractivity (Wildman–Crippen MR) is 341 cm³/mol. The maximum absolute atomic E-state index is 7.52. The molecule has 0 saturated heterocycles. The van der Waals surface area contributed by atoms with Gasteiger partial charge in [0, 0.05) is 10.8 Å². The van der Waals surface area contributed by atoms with Gasteiger partial charge in [0.25, 0.3) is 0 Å². The molecular formula is C50H7B23O. The zero-order valence-corrected chi connectivity index (χ0v) is 39.2. The van der Waals surface area contributed by atoms with Gasteiger partial charge in [-0.1, -0.05) is 95.3 Å². The summed E-state index contributed by atoms with van der Waals surface area (Å²) in [6, 6.07) is 13.0. The summed E-state index contributed by atoms with van der Waals surface area (Å²) in [5.41, 5.74) is -0.168. The Labute approximate surface area is 459 Å². The zero-order chi connectivity index (χ0) is 53.5. The Bertz CT molecular complexity index is 4440. The third-order valence-corrected chi connectivity index (χ3v) is 14.8. The van der Waals surface area contributed by atoms with Gasteiger partial charge in [0.1, 0.15) is 192 Å². The van der Waals surface area contributed by atoms with E-state index in [4.69, 9.17) is 185 Å². The van der Waals surface area contributed by atoms with Gasteiger partial charge in [-0.3, -0.25) is 0 Å². The molecular weight excluding hydrogens is 865 g/mol. The van der Waals surface area contributed by atoms with E-state index in [9.17, 15) is 0 Å². The SMILES string of the molecule is [B]c1c([B])c([B])c2c(-c3c([B])c4c([B])c([B])c([B])c([B])c4c4c([B])c([B])c([B])c([B])c34)c([B])c([B])c(-c3c4c([B])c([B])c([B])c([B])c4c(-c4ccc5oc6ccccc6c5c4)c4c([B])c([B])c([B])c([B])c34)c2c1[B]. The first-order valence-electron chi connectivity index (χ1n) is 22.4. The van der Waals surface area contributed by atoms with E-state index in [1.807, 2.05) is 30.3 Å². The first kappa shape index (κ1) is 50.9. The van der Waals surface area contributed by atoms with Crippen LogP contribution >= 0.6 is 0 Å². The molecule has 1 nitrogen and oxygen atoms in total. The average Bonchev–Trinajstić information content (AvgIpc) is 3.76. The summed E-state index contributed by atoms with van der Waals surface area (Å²) in [4.78, 5) is 0. The lowest BCUT2D eigenvalue weighted by molar-refractivity contribution is 0.669. The van der Waals surface area contributed by atoms with E-state index in [-0.39, 0.29) is 202 Å². The molecule has 1 aromatic heterocycles. The second kappa shape index (κ2) is 17.4. The molecule has 0 bridgehead atoms. The van der Waals surface area contributed by atoms with Crippen molar-refractivity contribution in [2.75, 3.05) is 0 Å². The quantitative estimate of drug-likeness (QED) is 0.0979. The summed E-state index contributed by atoms with van der Waals surface area (Å²) in [6.07, 6.45) is 0. The van der Waals surface area contributed by atoms with Crippen LogP contribution in [0.15, 0.2) is 46.9 Å². The second-order valence-electron chi connectivity index (χ2n) is 18.4. The Kier molecular flexibility index (Phi) is 12.0. The summed E-state index contributed by atoms with van der Waals surface area (Å²) < 4.78 is 6.21. The van der Waals surface area contributed by atoms with Crippen LogP contribution in [-0.4, -0.2) is 180 Å². The Hall–Kier alpha value is -5.21. The lowest BCUT2D eigenvalue weighted by atomic mass is 9.56. The molecule has 11 aromatic rings. The van der Waals surface area contributed by atoms with Crippen molar-refractivity contribution in [2.45, 2.75) is 0 Å². The lowest BCUT2D eigenvalue weighted by Crippen LogP contribution is -2.52. The molecule has 0 unspecified atom stereocenters. The van der Waals surface area contributed by atoms with Gasteiger partial charge < -0.3 is 4.42 Å². The normalized spacial score (nSPS) is 11.9. The zero-order valence-electron chi connectivity index (χ0n) is 39.2. The number of rotatable bonds is 3. The molecule has 10 aromatic carbocycles. The molecule has 0 saturated carbocycles. The fraction of sp³-hybridized carbons (Fsp3) is 0. The van der Waals surface area contributed by atoms with Crippen LogP contribution < -0.4 is 126 Å². The Morgan fingerprint density at radius 2 is 0.486 bits per heavy atom. The monoisotopic (exact) mass is 876 g/mol. The molecule has 46 radical (unpaired) electrons. The molecule has 0 aliphatic heterocycles. The first-order chi connectivity index (χ1) is 34.9. The van der Waals surface area contributed by atoms with Gasteiger partial charge in [-0.25, -0.2) is 0 Å². The van der Waals surface area contributed by atoms with Crippen LogP contribution in [0.25, 0.3) is 109 Å². The van der Waals surface area contributed by atoms with Gasteiger partial charge in [-0.15, -0.1) is 54.6 Å². The highest BCUT2D eigenvalue weighted by molar-refractivity contribution is 6.77. The number of para-hydroxylation sites is 1. The topological polar surface area (TPSA) is 13.1 Å². The van der Waals surface area contributed by atoms with Gasteiger partial charge in [0.05, 0.1) is 0 Å². The summed E-state index contributed by atoms with van der Waals surface area (Å²) in [6.45, 7) is 0. The molecule has 0 fully saturated rings. The highest BCUT2D eigenvalue weighted by Gasteiger charge is 2.31. The van der Waals surface area contributed by atoms with Gasteiger partial charge in [-0.05, 0) is 105 Å². The molecule has 74 heavy (non-hydrogen) atoms. The molecule has 24 heteroatoms. The summed E-state index contributed by atoms with van der Waals surface area (Å²) in [5.74, 6) is 0. The Morgan fingerprint density at radius 1 is 0.203 bits per heavy atom. The van der Waals surface area contributed by atoms with E-state index < -0.39 is 0 Å². The Balaban J connectivity index is 1.44. The maximum Gasteiger partial charge on any atom is 0.135 e. The van der Waals surface area contributed by atoms with Gasteiger partial charge in [-0.2, -0.15) is 0 Å². The molecule has 0 atom stereocenters. The Morgan fingerprint density at radius 3 is 0.905 bits per heavy atom. The highest BCUT2D eigenvalue weighted by atomic mass is 16.3. The summed E-state index contributed by atoms with van der Waals surface area (Å²) in [5, 5.41) is 2.77. The number of hydrogen-bond donors (Lipinski definition) is 0. The van der Waals surface area contributed by atoms with E-state index in [1.165, 1.54) is 0 Å². The molecule has 0 N–H and O–H groups in total. The fourth-order valence-corrected chi connectivity index (χ4v) is 11.0. The van der Waals surface area contributed by atoms with E-state index in [2.05, 4.69) is 0 Å². The van der Waals surface area contributed by atoms with Crippen LogP contribution in [-0.2, 0) is 0 Å². The standard InChI is InChI=1S/C50H7B23O/c51-28-20(23-25(38(61)48(71)46(69)36(23)59)26-27(28)40(63)50(73)49(72)39(26)62)22-24-21(35(58)45(68)47(70)37(24)60)19(29(52)30(22)53)14-17-15(31(54)41(64)43(66)33(17)56)13(16-18(14)34(57)44(67)42(65)32(16)55)8-5-6-12-10(7-8)9-3-1-2-4-11(9)74-12/h1-7H. The van der Waals surface area contributed by atoms with Crippen molar-refractivity contribution in [2.24, 2.45) is 0 Å². The lowest BCUT2D eigenvalue weighted by Gasteiger charge is -2.33. The highest BCUT2D eigenvalue weighted by Crippen LogP contribution is 2.44. The number of benzene rings is 10. The minimum atomic E-state index is -0.217. The molecule has 11 rings (SSSR count). The van der Waals surface area contributed by atoms with Crippen LogP contribution in [0.1, 0.15) is 0 Å². The number of hydrogen-bond acceptors (Lipinski definition) is 1. The predicted octanol–water partition coefficient (Wildman–Crippen LogP) is -13.4. The molecule has 0 aliphatic rings. The van der Waals surface area contributed by atoms with Crippen molar-refractivity contribution in [3.8, 4) is 33.4 Å². The number of furan rings is 1. The van der Waals surface area contributed by atoms with Gasteiger partial charge >= 0.3 is 0 Å². The van der Waals surface area contributed by atoms with Crippen molar-refractivity contribution in [1.82, 2.24) is 0 Å². The van der Waals surface area contributed by atoms with Crippen molar-refractivity contribution in [3.05, 3.63) is 42.5 Å². The van der Waals surface area contributed by atoms with Crippen LogP contribution in [0, 0.1) is 0 Å². The van der Waals surface area contributed by atoms with Crippen LogP contribution in [0.4, 0.5) is 0 Å². The van der Waals surface area contributed by atoms with Crippen molar-refractivity contribution >= 4 is 382 Å². The van der Waals surface area contributed by atoms with Crippen molar-refractivity contribution in [1.29, 1.82) is 0 Å². The van der Waals surface area contributed by atoms with Crippen LogP contribution in [0.3, 0.4) is 0 Å². The molecule has 0 amide bonds. The summed E-state index contributed by atoms with van der Waals surface area (Å²) in [7, 11) is 159. The minimum Gasteiger partial charge on any atom is -0.456 e. The third kappa shape index (κ3) is 6.51. The van der Waals surface area contributed by atoms with Crippen molar-refractivity contribution < 1.29 is 4.42 Å². The fourth-order valence-electron chi connectivity index (χ4n) is 11.0. The van der Waals surface area contributed by atoms with E-state index >= 15 is 0 Å². The molecule has 0 spiro atoms. The van der Waals surface area contributed by atoms with Gasteiger partial charge in [0.2, 0.25) is 0 Å². The minimum absolute atomic E-state index is 0.0106. The largest absolute Gasteiger partial charge is 0.456 e. The average molecular weight is 872 g/mol. The molecule has 282 valence electrons. The molecule has 1 heterocycles. The second-order valence-corrected chi connectivity index (χ2v) is 18.4. The van der Waals surface area contributed by atoms with Gasteiger partial charge in [0.15, 0.2) is 0 Å². The van der Waals surface area contributed by atoms with E-state index in [0.717, 1.165) is 10.8 Å². The maximum atomic E-state index is 7.52. The number of fused-ring (bicyclic) bond motifs is 9. The molecule has 0 aliphatic carbocycles. The third-order valence-electron chi connectivity index (χ3n) is 14.8. The van der Waals surface area contributed by atoms with Crippen LogP contribution in [0.2, 0.25) is 0 Å². The smallest absolute Gasteiger partial charge is 0.135 e. The van der Waals surface area contributed by atoms with E-state index in [1.54, 1.807) is 12.1 Å². The van der Waals surface area contributed by atoms with Crippen LogP contribution in [0.5, 0.6) is 0 Å². The van der Waals surface area contributed by atoms with E-state index in [0.29, 0.717) is 22.3 Å². The first-order valence-corrected chi connectivity index (χ1v) is 22.4.